The van der Waals surface area contributed by atoms with Crippen molar-refractivity contribution in [3.8, 4) is 0 Å². The largest absolute Gasteiger partial charge is 0.405 e. The Hall–Kier alpha value is -2.24. The van der Waals surface area contributed by atoms with E-state index in [2.05, 4.69) is 81.4 Å². The van der Waals surface area contributed by atoms with Crippen molar-refractivity contribution >= 4 is 18.7 Å². The van der Waals surface area contributed by atoms with Gasteiger partial charge in [-0.05, 0) is 27.4 Å². The smallest absolute Gasteiger partial charge is 0.261 e. The van der Waals surface area contributed by atoms with Crippen molar-refractivity contribution in [3.05, 3.63) is 96.6 Å². The van der Waals surface area contributed by atoms with Crippen molar-refractivity contribution in [2.24, 2.45) is 0 Å². The lowest BCUT2D eigenvalue weighted by molar-refractivity contribution is -0.00632. The first-order valence-corrected chi connectivity index (χ1v) is 12.9. The Morgan fingerprint density at radius 2 is 1.26 bits per heavy atom. The molecule has 4 heteroatoms. The molecule has 0 unspecified atom stereocenters. The Kier molecular flexibility index (Phi) is 8.21. The fourth-order valence-corrected chi connectivity index (χ4v) is 8.72. The molecule has 0 aliphatic rings. The number of ether oxygens (including phenoxy) is 1. The first-order valence-electron chi connectivity index (χ1n) is 11.0. The quantitative estimate of drug-likeness (QED) is 0.477. The van der Waals surface area contributed by atoms with E-state index in [-0.39, 0.29) is 17.7 Å². The molecule has 0 heterocycles. The highest BCUT2D eigenvalue weighted by Crippen LogP contribution is 2.37. The molecule has 3 nitrogen and oxygen atoms in total. The molecule has 0 bridgehead atoms. The van der Waals surface area contributed by atoms with Gasteiger partial charge in [-0.3, -0.25) is 0 Å². The average molecular weight is 435 g/mol. The summed E-state index contributed by atoms with van der Waals surface area (Å²) in [5.41, 5.74) is 1.12. The van der Waals surface area contributed by atoms with Crippen molar-refractivity contribution in [2.45, 2.75) is 44.9 Å². The van der Waals surface area contributed by atoms with Crippen molar-refractivity contribution < 1.29 is 14.3 Å². The molecule has 1 atom stereocenters. The summed E-state index contributed by atoms with van der Waals surface area (Å²) in [5, 5.41) is 12.0. The van der Waals surface area contributed by atoms with Gasteiger partial charge in [-0.1, -0.05) is 112 Å². The Labute approximate surface area is 187 Å². The van der Waals surface area contributed by atoms with Crippen molar-refractivity contribution in [3.63, 3.8) is 0 Å². The third-order valence-electron chi connectivity index (χ3n) is 5.68. The van der Waals surface area contributed by atoms with E-state index in [1.807, 2.05) is 30.3 Å². The zero-order valence-corrected chi connectivity index (χ0v) is 19.8. The Bertz CT molecular complexity index is 853. The van der Waals surface area contributed by atoms with Crippen LogP contribution < -0.4 is 10.4 Å². The van der Waals surface area contributed by atoms with Gasteiger partial charge in [-0.2, -0.15) is 0 Å². The molecule has 0 aliphatic heterocycles. The summed E-state index contributed by atoms with van der Waals surface area (Å²) in [6, 6.07) is 31.4. The number of hydrogen-bond donors (Lipinski definition) is 1. The van der Waals surface area contributed by atoms with Crippen LogP contribution in [0.15, 0.2) is 91.0 Å². The Morgan fingerprint density at radius 3 is 1.71 bits per heavy atom. The summed E-state index contributed by atoms with van der Waals surface area (Å²) < 4.78 is 13.2. The second-order valence-corrected chi connectivity index (χ2v) is 13.2. The lowest BCUT2D eigenvalue weighted by Gasteiger charge is -2.43. The number of hydrogen-bond acceptors (Lipinski definition) is 3. The molecule has 3 aromatic carbocycles. The van der Waals surface area contributed by atoms with Gasteiger partial charge in [-0.15, -0.1) is 0 Å². The highest BCUT2D eigenvalue weighted by Gasteiger charge is 2.50. The van der Waals surface area contributed by atoms with Crippen LogP contribution >= 0.6 is 0 Å². The monoisotopic (exact) mass is 434 g/mol. The summed E-state index contributed by atoms with van der Waals surface area (Å²) in [5.74, 6) is 0. The maximum absolute atomic E-state index is 9.63. The van der Waals surface area contributed by atoms with Crippen LogP contribution in [-0.4, -0.2) is 32.7 Å². The number of aliphatic hydroxyl groups is 1. The number of aliphatic hydroxyl groups excluding tert-OH is 1. The third-order valence-corrected chi connectivity index (χ3v) is 10.7. The van der Waals surface area contributed by atoms with Gasteiger partial charge in [-0.25, -0.2) is 0 Å². The third kappa shape index (κ3) is 5.72. The average Bonchev–Trinajstić information content (AvgIpc) is 2.79. The molecule has 0 amide bonds. The Morgan fingerprint density at radius 1 is 0.774 bits per heavy atom. The van der Waals surface area contributed by atoms with E-state index in [0.29, 0.717) is 19.6 Å². The number of benzene rings is 3. The summed E-state index contributed by atoms with van der Waals surface area (Å²) in [6.07, 6.45) is 0.372. The van der Waals surface area contributed by atoms with E-state index >= 15 is 0 Å². The molecule has 1 N–H and O–H groups in total. The van der Waals surface area contributed by atoms with Crippen LogP contribution in [0.4, 0.5) is 0 Å². The summed E-state index contributed by atoms with van der Waals surface area (Å²) in [4.78, 5) is 0. The van der Waals surface area contributed by atoms with Crippen molar-refractivity contribution in [1.82, 2.24) is 0 Å². The molecule has 31 heavy (non-hydrogen) atoms. The van der Waals surface area contributed by atoms with Gasteiger partial charge in [0, 0.05) is 6.61 Å². The van der Waals surface area contributed by atoms with E-state index < -0.39 is 8.32 Å². The molecule has 0 saturated carbocycles. The van der Waals surface area contributed by atoms with Gasteiger partial charge in [0.2, 0.25) is 0 Å². The van der Waals surface area contributed by atoms with E-state index in [1.54, 1.807) is 0 Å². The van der Waals surface area contributed by atoms with Crippen molar-refractivity contribution in [1.29, 1.82) is 0 Å². The van der Waals surface area contributed by atoms with E-state index in [9.17, 15) is 5.11 Å². The normalized spacial score (nSPS) is 13.2. The van der Waals surface area contributed by atoms with Crippen LogP contribution in [0.5, 0.6) is 0 Å². The molecule has 0 saturated heterocycles. The molecule has 3 rings (SSSR count). The first-order chi connectivity index (χ1) is 15.0. The SMILES string of the molecule is CC(C)(C)[Si](OC[C@@H](CCO)OCc1ccccc1)(c1ccccc1)c1ccccc1. The molecule has 0 aliphatic carbocycles. The predicted octanol–water partition coefficient (Wildman–Crippen LogP) is 4.53. The van der Waals surface area contributed by atoms with Gasteiger partial charge in [0.05, 0.1) is 19.3 Å². The van der Waals surface area contributed by atoms with Crippen molar-refractivity contribution in [2.75, 3.05) is 13.2 Å². The molecule has 0 aromatic heterocycles. The lowest BCUT2D eigenvalue weighted by atomic mass is 10.2. The Balaban J connectivity index is 1.90. The van der Waals surface area contributed by atoms with Crippen LogP contribution in [0.1, 0.15) is 32.8 Å². The van der Waals surface area contributed by atoms with Gasteiger partial charge >= 0.3 is 0 Å². The highest BCUT2D eigenvalue weighted by molar-refractivity contribution is 6.99. The zero-order chi connectivity index (χ0) is 22.2. The minimum Gasteiger partial charge on any atom is -0.405 e. The standard InChI is InChI=1S/C27H34O3Si/c1-27(2,3)31(25-15-9-5-10-16-25,26-17-11-6-12-18-26)30-22-24(19-20-28)29-21-23-13-7-4-8-14-23/h4-18,24,28H,19-22H2,1-3H3/t24-/m1/s1. The lowest BCUT2D eigenvalue weighted by Crippen LogP contribution is -2.67. The molecule has 3 aromatic rings. The van der Waals surface area contributed by atoms with Gasteiger partial charge in [0.25, 0.3) is 8.32 Å². The van der Waals surface area contributed by atoms with Crippen LogP contribution in [-0.2, 0) is 15.8 Å². The van der Waals surface area contributed by atoms with Gasteiger partial charge < -0.3 is 14.3 Å². The minimum atomic E-state index is -2.61. The topological polar surface area (TPSA) is 38.7 Å². The van der Waals surface area contributed by atoms with Gasteiger partial charge in [0.1, 0.15) is 0 Å². The number of rotatable bonds is 10. The highest BCUT2D eigenvalue weighted by atomic mass is 28.4. The summed E-state index contributed by atoms with van der Waals surface area (Å²) in [7, 11) is -2.61. The molecular weight excluding hydrogens is 400 g/mol. The van der Waals surface area contributed by atoms with Crippen LogP contribution in [0.3, 0.4) is 0 Å². The zero-order valence-electron chi connectivity index (χ0n) is 18.8. The fourth-order valence-electron chi connectivity index (χ4n) is 4.13. The second kappa shape index (κ2) is 10.9. The van der Waals surface area contributed by atoms with Gasteiger partial charge in [0.15, 0.2) is 0 Å². The molecule has 0 spiro atoms. The molecular formula is C27H34O3Si. The summed E-state index contributed by atoms with van der Waals surface area (Å²) in [6.45, 7) is 7.83. The maximum atomic E-state index is 9.63. The van der Waals surface area contributed by atoms with E-state index in [0.717, 1.165) is 5.56 Å². The first kappa shape index (κ1) is 23.4. The summed E-state index contributed by atoms with van der Waals surface area (Å²) >= 11 is 0. The predicted molar refractivity (Wildman–Crippen MR) is 130 cm³/mol. The maximum Gasteiger partial charge on any atom is 0.261 e. The van der Waals surface area contributed by atoms with E-state index in [1.165, 1.54) is 10.4 Å². The van der Waals surface area contributed by atoms with Crippen LogP contribution in [0.2, 0.25) is 5.04 Å². The molecule has 164 valence electrons. The van der Waals surface area contributed by atoms with Crippen LogP contribution in [0, 0.1) is 0 Å². The second-order valence-electron chi connectivity index (χ2n) is 8.91. The molecule has 0 fully saturated rings. The molecule has 0 radical (unpaired) electrons. The fraction of sp³-hybridized carbons (Fsp3) is 0.333. The minimum absolute atomic E-state index is 0.0730. The van der Waals surface area contributed by atoms with E-state index in [4.69, 9.17) is 9.16 Å². The van der Waals surface area contributed by atoms with Crippen LogP contribution in [0.25, 0.3) is 0 Å².